The van der Waals surface area contributed by atoms with Crippen LogP contribution in [0, 0.1) is 5.92 Å². The van der Waals surface area contributed by atoms with Crippen molar-refractivity contribution in [1.82, 2.24) is 0 Å². The lowest BCUT2D eigenvalue weighted by Gasteiger charge is -2.08. The maximum absolute atomic E-state index is 11.1. The molecule has 0 heterocycles. The van der Waals surface area contributed by atoms with Crippen LogP contribution in [0.15, 0.2) is 0 Å². The fraction of sp³-hybridized carbons (Fsp3) is 0.909. The van der Waals surface area contributed by atoms with Crippen LogP contribution in [0.1, 0.15) is 13.3 Å². The number of esters is 1. The molecule has 0 fully saturated rings. The Morgan fingerprint density at radius 1 is 1.25 bits per heavy atom. The van der Waals surface area contributed by atoms with Gasteiger partial charge in [0.2, 0.25) is 0 Å². The molecule has 0 saturated carbocycles. The van der Waals surface area contributed by atoms with Crippen molar-refractivity contribution in [3.05, 3.63) is 0 Å². The first kappa shape index (κ1) is 15.7. The van der Waals surface area contributed by atoms with Crippen LogP contribution in [0.4, 0.5) is 0 Å². The molecular weight excluding hydrogens is 228 g/mol. The summed E-state index contributed by atoms with van der Waals surface area (Å²) in [5.74, 6) is 1.51. The summed E-state index contributed by atoms with van der Waals surface area (Å²) >= 11 is 1.71. The monoisotopic (exact) mass is 250 g/mol. The van der Waals surface area contributed by atoms with Crippen molar-refractivity contribution in [2.75, 3.05) is 45.5 Å². The summed E-state index contributed by atoms with van der Waals surface area (Å²) in [7, 11) is 3.10. The normalized spacial score (nSPS) is 12.4. The van der Waals surface area contributed by atoms with E-state index < -0.39 is 0 Å². The van der Waals surface area contributed by atoms with Crippen LogP contribution in [-0.4, -0.2) is 51.5 Å². The summed E-state index contributed by atoms with van der Waals surface area (Å²) in [6.07, 6.45) is 0.930. The maximum atomic E-state index is 11.1. The number of rotatable bonds is 10. The Hall–Kier alpha value is -0.260. The van der Waals surface area contributed by atoms with Gasteiger partial charge in [0.25, 0.3) is 0 Å². The minimum atomic E-state index is -0.145. The first-order valence-corrected chi connectivity index (χ1v) is 6.60. The van der Waals surface area contributed by atoms with Gasteiger partial charge >= 0.3 is 5.97 Å². The van der Waals surface area contributed by atoms with Gasteiger partial charge in [0, 0.05) is 31.8 Å². The number of carbonyl (C=O) groups is 1. The second kappa shape index (κ2) is 11.2. The minimum Gasteiger partial charge on any atom is -0.469 e. The Bertz CT molecular complexity index is 175. The highest BCUT2D eigenvalue weighted by atomic mass is 32.2. The van der Waals surface area contributed by atoms with E-state index in [0.29, 0.717) is 0 Å². The summed E-state index contributed by atoms with van der Waals surface area (Å²) in [5, 5.41) is 0. The Morgan fingerprint density at radius 2 is 2.00 bits per heavy atom. The maximum Gasteiger partial charge on any atom is 0.309 e. The predicted molar refractivity (Wildman–Crippen MR) is 65.8 cm³/mol. The average Bonchev–Trinajstić information content (AvgIpc) is 2.31. The van der Waals surface area contributed by atoms with E-state index in [9.17, 15) is 4.79 Å². The van der Waals surface area contributed by atoms with Crippen LogP contribution >= 0.6 is 11.8 Å². The lowest BCUT2D eigenvalue weighted by Crippen LogP contribution is -2.15. The van der Waals surface area contributed by atoms with E-state index >= 15 is 0 Å². The van der Waals surface area contributed by atoms with E-state index in [-0.39, 0.29) is 11.9 Å². The molecule has 0 amide bonds. The fourth-order valence-corrected chi connectivity index (χ4v) is 1.95. The molecule has 0 N–H and O–H groups in total. The van der Waals surface area contributed by atoms with Gasteiger partial charge in [-0.15, -0.1) is 0 Å². The van der Waals surface area contributed by atoms with E-state index in [0.717, 1.165) is 37.7 Å². The molecule has 16 heavy (non-hydrogen) atoms. The summed E-state index contributed by atoms with van der Waals surface area (Å²) in [5.41, 5.74) is 0. The van der Waals surface area contributed by atoms with Gasteiger partial charge in [0.05, 0.1) is 19.6 Å². The number of hydrogen-bond acceptors (Lipinski definition) is 5. The molecule has 0 aromatic heterocycles. The smallest absolute Gasteiger partial charge is 0.309 e. The van der Waals surface area contributed by atoms with Crippen LogP contribution in [-0.2, 0) is 19.0 Å². The largest absolute Gasteiger partial charge is 0.469 e. The van der Waals surface area contributed by atoms with Crippen molar-refractivity contribution < 1.29 is 19.0 Å². The third kappa shape index (κ3) is 9.00. The van der Waals surface area contributed by atoms with Crippen molar-refractivity contribution in [2.45, 2.75) is 13.3 Å². The third-order valence-corrected chi connectivity index (χ3v) is 3.17. The average molecular weight is 250 g/mol. The van der Waals surface area contributed by atoms with E-state index in [1.165, 1.54) is 7.11 Å². The zero-order valence-electron chi connectivity index (χ0n) is 10.4. The van der Waals surface area contributed by atoms with Crippen molar-refractivity contribution in [3.63, 3.8) is 0 Å². The number of carbonyl (C=O) groups excluding carboxylic acids is 1. The van der Waals surface area contributed by atoms with Crippen LogP contribution in [0.5, 0.6) is 0 Å². The van der Waals surface area contributed by atoms with Gasteiger partial charge in [-0.2, -0.15) is 11.8 Å². The van der Waals surface area contributed by atoms with Crippen LogP contribution in [0.2, 0.25) is 0 Å². The molecule has 1 atom stereocenters. The van der Waals surface area contributed by atoms with Gasteiger partial charge in [-0.1, -0.05) is 6.92 Å². The van der Waals surface area contributed by atoms with E-state index in [2.05, 4.69) is 4.74 Å². The molecule has 0 bridgehead atoms. The summed E-state index contributed by atoms with van der Waals surface area (Å²) in [6.45, 7) is 4.08. The summed E-state index contributed by atoms with van der Waals surface area (Å²) in [4.78, 5) is 11.1. The lowest BCUT2D eigenvalue weighted by atomic mass is 10.2. The SMILES string of the molecule is COCCCOCCSCC(C)C(=O)OC. The number of thioether (sulfide) groups is 1. The van der Waals surface area contributed by atoms with Gasteiger partial charge in [-0.3, -0.25) is 4.79 Å². The molecule has 96 valence electrons. The van der Waals surface area contributed by atoms with Crippen LogP contribution < -0.4 is 0 Å². The molecular formula is C11H22O4S. The molecule has 0 aliphatic carbocycles. The highest BCUT2D eigenvalue weighted by Gasteiger charge is 2.12. The molecule has 0 aliphatic rings. The number of methoxy groups -OCH3 is 2. The fourth-order valence-electron chi connectivity index (χ4n) is 1.05. The van der Waals surface area contributed by atoms with Gasteiger partial charge < -0.3 is 14.2 Å². The molecule has 0 spiro atoms. The molecule has 1 unspecified atom stereocenters. The zero-order chi connectivity index (χ0) is 12.2. The molecule has 0 rings (SSSR count). The zero-order valence-corrected chi connectivity index (χ0v) is 11.2. The number of hydrogen-bond donors (Lipinski definition) is 0. The Morgan fingerprint density at radius 3 is 2.62 bits per heavy atom. The Balaban J connectivity index is 3.17. The van der Waals surface area contributed by atoms with Gasteiger partial charge in [-0.05, 0) is 6.42 Å². The van der Waals surface area contributed by atoms with Crippen molar-refractivity contribution in [2.24, 2.45) is 5.92 Å². The standard InChI is InChI=1S/C11H22O4S/c1-10(11(12)14-3)9-16-8-7-15-6-4-5-13-2/h10H,4-9H2,1-3H3. The van der Waals surface area contributed by atoms with Crippen LogP contribution in [0.25, 0.3) is 0 Å². The Labute approximate surface area is 102 Å². The molecule has 0 aromatic carbocycles. The third-order valence-electron chi connectivity index (χ3n) is 1.98. The van der Waals surface area contributed by atoms with E-state index in [4.69, 9.17) is 9.47 Å². The van der Waals surface area contributed by atoms with Crippen molar-refractivity contribution >= 4 is 17.7 Å². The minimum absolute atomic E-state index is 0.0384. The van der Waals surface area contributed by atoms with Crippen molar-refractivity contribution in [1.29, 1.82) is 0 Å². The lowest BCUT2D eigenvalue weighted by molar-refractivity contribution is -0.143. The molecule has 4 nitrogen and oxygen atoms in total. The summed E-state index contributed by atoms with van der Waals surface area (Å²) in [6, 6.07) is 0. The second-order valence-corrected chi connectivity index (χ2v) is 4.61. The first-order chi connectivity index (χ1) is 7.72. The van der Waals surface area contributed by atoms with Gasteiger partial charge in [-0.25, -0.2) is 0 Å². The molecule has 5 heteroatoms. The topological polar surface area (TPSA) is 44.8 Å². The first-order valence-electron chi connectivity index (χ1n) is 5.44. The van der Waals surface area contributed by atoms with E-state index in [1.54, 1.807) is 18.9 Å². The quantitative estimate of drug-likeness (QED) is 0.435. The predicted octanol–water partition coefficient (Wildman–Crippen LogP) is 1.58. The molecule has 0 aliphatic heterocycles. The van der Waals surface area contributed by atoms with Gasteiger partial charge in [0.15, 0.2) is 0 Å². The van der Waals surface area contributed by atoms with E-state index in [1.807, 2.05) is 6.92 Å². The second-order valence-electron chi connectivity index (χ2n) is 3.46. The highest BCUT2D eigenvalue weighted by molar-refractivity contribution is 7.99. The molecule has 0 saturated heterocycles. The highest BCUT2D eigenvalue weighted by Crippen LogP contribution is 2.09. The Kier molecular flexibility index (Phi) is 11.0. The number of ether oxygens (including phenoxy) is 3. The van der Waals surface area contributed by atoms with Gasteiger partial charge in [0.1, 0.15) is 0 Å². The molecule has 0 aromatic rings. The molecule has 0 radical (unpaired) electrons. The van der Waals surface area contributed by atoms with Crippen molar-refractivity contribution in [3.8, 4) is 0 Å². The van der Waals surface area contributed by atoms with Crippen LogP contribution in [0.3, 0.4) is 0 Å². The summed E-state index contributed by atoms with van der Waals surface area (Å²) < 4.78 is 14.9.